The van der Waals surface area contributed by atoms with Gasteiger partial charge in [0.15, 0.2) is 0 Å². The highest BCUT2D eigenvalue weighted by molar-refractivity contribution is 5.77. The predicted molar refractivity (Wildman–Crippen MR) is 119 cm³/mol. The first-order valence-corrected chi connectivity index (χ1v) is 11.3. The molecule has 34 heavy (non-hydrogen) atoms. The van der Waals surface area contributed by atoms with Crippen LogP contribution in [-0.2, 0) is 52.2 Å². The van der Waals surface area contributed by atoms with Crippen molar-refractivity contribution >= 4 is 11.9 Å². The van der Waals surface area contributed by atoms with E-state index in [4.69, 9.17) is 43.0 Å². The number of carbonyl (C=O) groups excluding carboxylic acids is 1. The van der Waals surface area contributed by atoms with Gasteiger partial charge in [-0.05, 0) is 0 Å². The molecule has 13 nitrogen and oxygen atoms in total. The maximum Gasteiger partial charge on any atom is 0.329 e. The summed E-state index contributed by atoms with van der Waals surface area (Å²) in [6, 6.07) is 0. The lowest BCUT2D eigenvalue weighted by Gasteiger charge is -2.09. The van der Waals surface area contributed by atoms with Gasteiger partial charge < -0.3 is 53.1 Å². The molecule has 0 radical (unpaired) electrons. The first kappa shape index (κ1) is 32.6. The van der Waals surface area contributed by atoms with Gasteiger partial charge in [0.05, 0.1) is 99.1 Å². The summed E-state index contributed by atoms with van der Waals surface area (Å²) >= 11 is 0. The van der Waals surface area contributed by atoms with Crippen molar-refractivity contribution in [2.75, 3.05) is 126 Å². The van der Waals surface area contributed by atoms with Crippen molar-refractivity contribution < 1.29 is 57.3 Å². The highest BCUT2D eigenvalue weighted by Crippen LogP contribution is 1.85. The lowest BCUT2D eigenvalue weighted by molar-refractivity contribution is -0.143. The summed E-state index contributed by atoms with van der Waals surface area (Å²) in [5.41, 5.74) is 0. The number of nitrogens with one attached hydrogen (secondary N) is 1. The number of methoxy groups -OCH3 is 1. The van der Waals surface area contributed by atoms with E-state index in [1.807, 2.05) is 0 Å². The fourth-order valence-electron chi connectivity index (χ4n) is 2.11. The quantitative estimate of drug-likeness (QED) is 0.127. The van der Waals surface area contributed by atoms with Gasteiger partial charge in [-0.2, -0.15) is 0 Å². The maximum atomic E-state index is 11.3. The van der Waals surface area contributed by atoms with E-state index in [1.54, 1.807) is 7.11 Å². The van der Waals surface area contributed by atoms with E-state index in [1.165, 1.54) is 0 Å². The van der Waals surface area contributed by atoms with E-state index in [9.17, 15) is 9.59 Å². The molecule has 13 heteroatoms. The van der Waals surface area contributed by atoms with Crippen molar-refractivity contribution in [3.8, 4) is 0 Å². The predicted octanol–water partition coefficient (Wildman–Crippen LogP) is -1.03. The van der Waals surface area contributed by atoms with Crippen LogP contribution in [0.5, 0.6) is 0 Å². The van der Waals surface area contributed by atoms with Crippen molar-refractivity contribution in [1.29, 1.82) is 0 Å². The van der Waals surface area contributed by atoms with Crippen molar-refractivity contribution in [2.45, 2.75) is 0 Å². The van der Waals surface area contributed by atoms with Gasteiger partial charge in [0.25, 0.3) is 0 Å². The van der Waals surface area contributed by atoms with Crippen molar-refractivity contribution in [2.24, 2.45) is 0 Å². The molecule has 0 aliphatic rings. The fraction of sp³-hybridized carbons (Fsp3) is 0.905. The summed E-state index contributed by atoms with van der Waals surface area (Å²) < 4.78 is 47.0. The first-order valence-electron chi connectivity index (χ1n) is 11.3. The van der Waals surface area contributed by atoms with Gasteiger partial charge in [-0.3, -0.25) is 4.79 Å². The van der Waals surface area contributed by atoms with Crippen LogP contribution in [0.1, 0.15) is 0 Å². The number of amides is 1. The van der Waals surface area contributed by atoms with Crippen molar-refractivity contribution in [3.05, 3.63) is 0 Å². The number of carboxylic acid groups (broad SMARTS) is 1. The number of carboxylic acids is 1. The maximum absolute atomic E-state index is 11.3. The molecular weight excluding hydrogens is 458 g/mol. The van der Waals surface area contributed by atoms with E-state index < -0.39 is 18.5 Å². The Labute approximate surface area is 201 Å². The van der Waals surface area contributed by atoms with Crippen molar-refractivity contribution in [1.82, 2.24) is 5.32 Å². The minimum Gasteiger partial charge on any atom is -0.480 e. The van der Waals surface area contributed by atoms with Crippen molar-refractivity contribution in [3.63, 3.8) is 0 Å². The van der Waals surface area contributed by atoms with Gasteiger partial charge >= 0.3 is 5.97 Å². The van der Waals surface area contributed by atoms with E-state index in [0.717, 1.165) is 0 Å². The number of rotatable bonds is 28. The normalized spacial score (nSPS) is 11.1. The average molecular weight is 500 g/mol. The van der Waals surface area contributed by atoms with Gasteiger partial charge in [0.1, 0.15) is 13.2 Å². The highest BCUT2D eigenvalue weighted by Gasteiger charge is 2.03. The molecule has 1 amide bonds. The second-order valence-electron chi connectivity index (χ2n) is 6.52. The third-order valence-electron chi connectivity index (χ3n) is 3.69. The third-order valence-corrected chi connectivity index (χ3v) is 3.69. The molecule has 0 bridgehead atoms. The van der Waals surface area contributed by atoms with E-state index in [-0.39, 0.29) is 6.61 Å². The molecule has 0 unspecified atom stereocenters. The minimum absolute atomic E-state index is 0.295. The molecule has 0 aromatic carbocycles. The van der Waals surface area contributed by atoms with E-state index in [0.29, 0.717) is 106 Å². The zero-order valence-corrected chi connectivity index (χ0v) is 20.2. The highest BCUT2D eigenvalue weighted by atomic mass is 16.6. The summed E-state index contributed by atoms with van der Waals surface area (Å²) in [5, 5.41) is 10.9. The SMILES string of the molecule is COCCOCCOCCOCCOCCOCCOCCOCCNC(=O)COCC(=O)O. The lowest BCUT2D eigenvalue weighted by Crippen LogP contribution is -2.31. The molecule has 0 spiro atoms. The van der Waals surface area contributed by atoms with Gasteiger partial charge in [0, 0.05) is 13.7 Å². The smallest absolute Gasteiger partial charge is 0.329 e. The zero-order valence-electron chi connectivity index (χ0n) is 20.2. The summed E-state index contributed by atoms with van der Waals surface area (Å²) in [5.74, 6) is -1.51. The first-order chi connectivity index (χ1) is 16.7. The molecule has 0 aliphatic heterocycles. The Kier molecular flexibility index (Phi) is 26.7. The van der Waals surface area contributed by atoms with Crippen LogP contribution in [-0.4, -0.2) is 143 Å². The topological polar surface area (TPSA) is 149 Å². The summed E-state index contributed by atoms with van der Waals surface area (Å²) in [7, 11) is 1.63. The van der Waals surface area contributed by atoms with Crippen LogP contribution in [0.3, 0.4) is 0 Å². The summed E-state index contributed by atoms with van der Waals surface area (Å²) in [6.07, 6.45) is 0. The molecule has 2 N–H and O–H groups in total. The Morgan fingerprint density at radius 1 is 0.529 bits per heavy atom. The fourth-order valence-corrected chi connectivity index (χ4v) is 2.11. The molecule has 0 saturated heterocycles. The Morgan fingerprint density at radius 3 is 1.24 bits per heavy atom. The second-order valence-corrected chi connectivity index (χ2v) is 6.52. The average Bonchev–Trinajstić information content (AvgIpc) is 2.81. The molecule has 0 aromatic heterocycles. The Morgan fingerprint density at radius 2 is 0.882 bits per heavy atom. The van der Waals surface area contributed by atoms with E-state index >= 15 is 0 Å². The monoisotopic (exact) mass is 499 g/mol. The number of ether oxygens (including phenoxy) is 9. The molecular formula is C21H41NO12. The molecule has 0 rings (SSSR count). The molecule has 0 heterocycles. The van der Waals surface area contributed by atoms with Gasteiger partial charge in [-0.25, -0.2) is 4.79 Å². The molecule has 0 saturated carbocycles. The Bertz CT molecular complexity index is 455. The van der Waals surface area contributed by atoms with Crippen LogP contribution < -0.4 is 5.32 Å². The van der Waals surface area contributed by atoms with Gasteiger partial charge in [-0.1, -0.05) is 0 Å². The number of hydrogen-bond acceptors (Lipinski definition) is 11. The second kappa shape index (κ2) is 27.8. The van der Waals surface area contributed by atoms with Crippen LogP contribution in [0.15, 0.2) is 0 Å². The van der Waals surface area contributed by atoms with Crippen LogP contribution in [0.4, 0.5) is 0 Å². The molecule has 202 valence electrons. The molecule has 0 atom stereocenters. The number of hydrogen-bond donors (Lipinski definition) is 2. The van der Waals surface area contributed by atoms with E-state index in [2.05, 4.69) is 10.1 Å². The molecule has 0 fully saturated rings. The third kappa shape index (κ3) is 28.6. The van der Waals surface area contributed by atoms with Crippen LogP contribution >= 0.6 is 0 Å². The summed E-state index contributed by atoms with van der Waals surface area (Å²) in [4.78, 5) is 21.5. The summed E-state index contributed by atoms with van der Waals surface area (Å²) in [6.45, 7) is 6.75. The number of aliphatic carboxylic acids is 1. The van der Waals surface area contributed by atoms with Crippen LogP contribution in [0.25, 0.3) is 0 Å². The molecule has 0 aliphatic carbocycles. The lowest BCUT2D eigenvalue weighted by atomic mass is 10.6. The van der Waals surface area contributed by atoms with Gasteiger partial charge in [0.2, 0.25) is 5.91 Å². The van der Waals surface area contributed by atoms with Crippen LogP contribution in [0.2, 0.25) is 0 Å². The zero-order chi connectivity index (χ0) is 25.0. The Hall–Kier alpha value is -1.42. The van der Waals surface area contributed by atoms with Crippen LogP contribution in [0, 0.1) is 0 Å². The minimum atomic E-state index is -1.12. The van der Waals surface area contributed by atoms with Gasteiger partial charge in [-0.15, -0.1) is 0 Å². The Balaban J connectivity index is 3.09. The standard InChI is InChI=1S/C21H41NO12/c1-26-4-5-28-8-9-30-12-13-32-16-17-33-15-14-31-11-10-29-7-6-27-3-2-22-20(23)18-34-19-21(24)25/h2-19H2,1H3,(H,22,23)(H,24,25). The molecule has 0 aromatic rings. The largest absolute Gasteiger partial charge is 0.480 e. The number of carbonyl (C=O) groups is 2.